The summed E-state index contributed by atoms with van der Waals surface area (Å²) in [5.41, 5.74) is -6.26. The summed E-state index contributed by atoms with van der Waals surface area (Å²) in [5, 5.41) is 9.04. The average Bonchev–Trinajstić information content (AvgIpc) is 2.13. The third kappa shape index (κ3) is 2.23. The van der Waals surface area contributed by atoms with Crippen molar-refractivity contribution in [2.45, 2.75) is 22.8 Å². The Morgan fingerprint density at radius 2 is 1.29 bits per heavy atom. The molecular weight excluding hydrogens is 270 g/mol. The largest absolute Gasteiger partial charge is 0.430 e. The summed E-state index contributed by atoms with van der Waals surface area (Å²) in [6.07, 6.45) is -11.8. The van der Waals surface area contributed by atoms with Crippen molar-refractivity contribution < 1.29 is 31.4 Å². The zero-order chi connectivity index (χ0) is 13.5. The molecule has 0 aliphatic rings. The van der Waals surface area contributed by atoms with Gasteiger partial charge in [0.2, 0.25) is 0 Å². The number of halogens is 6. The first-order valence-corrected chi connectivity index (χ1v) is 4.61. The van der Waals surface area contributed by atoms with Crippen LogP contribution in [0.4, 0.5) is 26.3 Å². The van der Waals surface area contributed by atoms with E-state index in [1.54, 1.807) is 0 Å². The van der Waals surface area contributed by atoms with Gasteiger partial charge in [0.1, 0.15) is 0 Å². The van der Waals surface area contributed by atoms with Crippen LogP contribution in [0.15, 0.2) is 29.2 Å². The molecule has 0 amide bonds. The van der Waals surface area contributed by atoms with Crippen molar-refractivity contribution in [3.8, 4) is 0 Å². The van der Waals surface area contributed by atoms with E-state index in [2.05, 4.69) is 12.6 Å². The van der Waals surface area contributed by atoms with Crippen molar-refractivity contribution >= 4 is 12.6 Å². The minimum atomic E-state index is -5.88. The summed E-state index contributed by atoms with van der Waals surface area (Å²) in [4.78, 5) is -0.593. The van der Waals surface area contributed by atoms with Gasteiger partial charge in [-0.2, -0.15) is 26.3 Å². The maximum atomic E-state index is 12.5. The Morgan fingerprint density at radius 1 is 0.882 bits per heavy atom. The molecule has 0 aliphatic carbocycles. The molecule has 1 aromatic carbocycles. The van der Waals surface area contributed by atoms with Crippen LogP contribution in [0.3, 0.4) is 0 Å². The molecule has 0 fully saturated rings. The summed E-state index contributed by atoms with van der Waals surface area (Å²) in [6.45, 7) is 0. The Balaban J connectivity index is 3.53. The Bertz CT molecular complexity index is 397. The standard InChI is InChI=1S/C9H6F6OS/c10-8(11,12)7(16,9(13,14)15)5-3-1-2-4-6(5)17/h1-4,16-17H. The Labute approximate surface area is 97.5 Å². The van der Waals surface area contributed by atoms with Gasteiger partial charge in [-0.25, -0.2) is 0 Å². The Morgan fingerprint density at radius 3 is 1.65 bits per heavy atom. The second kappa shape index (κ2) is 4.09. The van der Waals surface area contributed by atoms with E-state index in [4.69, 9.17) is 5.11 Å². The van der Waals surface area contributed by atoms with Gasteiger partial charge in [-0.1, -0.05) is 18.2 Å². The monoisotopic (exact) mass is 276 g/mol. The van der Waals surface area contributed by atoms with Crippen molar-refractivity contribution in [3.63, 3.8) is 0 Å². The second-order valence-corrected chi connectivity index (χ2v) is 3.70. The molecule has 0 heterocycles. The molecule has 0 saturated heterocycles. The van der Waals surface area contributed by atoms with Crippen LogP contribution in [0.1, 0.15) is 5.56 Å². The first-order valence-electron chi connectivity index (χ1n) is 4.16. The van der Waals surface area contributed by atoms with Gasteiger partial charge in [0.15, 0.2) is 0 Å². The van der Waals surface area contributed by atoms with Gasteiger partial charge in [0.05, 0.1) is 0 Å². The van der Waals surface area contributed by atoms with Crippen LogP contribution >= 0.6 is 12.6 Å². The van der Waals surface area contributed by atoms with Crippen LogP contribution in [-0.2, 0) is 5.60 Å². The highest BCUT2D eigenvalue weighted by molar-refractivity contribution is 7.80. The highest BCUT2D eigenvalue weighted by Crippen LogP contribution is 2.51. The molecule has 0 radical (unpaired) electrons. The first-order chi connectivity index (χ1) is 7.52. The lowest BCUT2D eigenvalue weighted by molar-refractivity contribution is -0.377. The van der Waals surface area contributed by atoms with Gasteiger partial charge >= 0.3 is 12.4 Å². The van der Waals surface area contributed by atoms with Gasteiger partial charge in [-0.15, -0.1) is 12.6 Å². The van der Waals surface area contributed by atoms with E-state index >= 15 is 0 Å². The van der Waals surface area contributed by atoms with Crippen molar-refractivity contribution in [1.29, 1.82) is 0 Å². The van der Waals surface area contributed by atoms with E-state index in [9.17, 15) is 26.3 Å². The normalized spacial score (nSPS) is 13.9. The summed E-state index contributed by atoms with van der Waals surface area (Å²) < 4.78 is 74.8. The molecule has 8 heteroatoms. The molecule has 1 rings (SSSR count). The van der Waals surface area contributed by atoms with Crippen molar-refractivity contribution in [2.75, 3.05) is 0 Å². The van der Waals surface area contributed by atoms with E-state index in [0.717, 1.165) is 12.1 Å². The smallest absolute Gasteiger partial charge is 0.369 e. The van der Waals surface area contributed by atoms with Crippen LogP contribution < -0.4 is 0 Å². The third-order valence-electron chi connectivity index (χ3n) is 2.11. The zero-order valence-corrected chi connectivity index (χ0v) is 8.87. The van der Waals surface area contributed by atoms with E-state index in [0.29, 0.717) is 6.07 Å². The molecule has 0 aromatic heterocycles. The third-order valence-corrected chi connectivity index (χ3v) is 2.50. The van der Waals surface area contributed by atoms with E-state index in [1.165, 1.54) is 6.07 Å². The van der Waals surface area contributed by atoms with Gasteiger partial charge in [0.25, 0.3) is 5.60 Å². The number of alkyl halides is 6. The summed E-state index contributed by atoms with van der Waals surface area (Å²) in [5.74, 6) is 0. The molecular formula is C9H6F6OS. The summed E-state index contributed by atoms with van der Waals surface area (Å²) in [6, 6.07) is 3.63. The fourth-order valence-electron chi connectivity index (χ4n) is 1.25. The molecule has 0 saturated carbocycles. The molecule has 0 spiro atoms. The lowest BCUT2D eigenvalue weighted by Crippen LogP contribution is -2.54. The fraction of sp³-hybridized carbons (Fsp3) is 0.333. The molecule has 0 bridgehead atoms. The Kier molecular flexibility index (Phi) is 3.41. The van der Waals surface area contributed by atoms with Crippen LogP contribution in [-0.4, -0.2) is 17.5 Å². The second-order valence-electron chi connectivity index (χ2n) is 3.22. The highest BCUT2D eigenvalue weighted by Gasteiger charge is 2.71. The molecule has 1 nitrogen and oxygen atoms in total. The topological polar surface area (TPSA) is 20.2 Å². The van der Waals surface area contributed by atoms with Crippen LogP contribution in [0, 0.1) is 0 Å². The fourth-order valence-corrected chi connectivity index (χ4v) is 1.57. The maximum absolute atomic E-state index is 12.5. The lowest BCUT2D eigenvalue weighted by atomic mass is 9.92. The quantitative estimate of drug-likeness (QED) is 0.595. The SMILES string of the molecule is OC(c1ccccc1S)(C(F)(F)F)C(F)(F)F. The molecule has 0 aliphatic heterocycles. The van der Waals surface area contributed by atoms with Gasteiger partial charge in [-0.3, -0.25) is 0 Å². The number of rotatable bonds is 1. The van der Waals surface area contributed by atoms with Gasteiger partial charge < -0.3 is 5.11 Å². The van der Waals surface area contributed by atoms with Crippen molar-refractivity contribution in [1.82, 2.24) is 0 Å². The van der Waals surface area contributed by atoms with E-state index < -0.39 is 28.4 Å². The number of benzene rings is 1. The lowest BCUT2D eigenvalue weighted by Gasteiger charge is -2.33. The average molecular weight is 276 g/mol. The highest BCUT2D eigenvalue weighted by atomic mass is 32.1. The van der Waals surface area contributed by atoms with E-state index in [-0.39, 0.29) is 0 Å². The van der Waals surface area contributed by atoms with Crippen molar-refractivity contribution in [2.24, 2.45) is 0 Å². The van der Waals surface area contributed by atoms with Gasteiger partial charge in [-0.05, 0) is 6.07 Å². The molecule has 0 atom stereocenters. The molecule has 17 heavy (non-hydrogen) atoms. The van der Waals surface area contributed by atoms with Crippen molar-refractivity contribution in [3.05, 3.63) is 29.8 Å². The first kappa shape index (κ1) is 14.2. The summed E-state index contributed by atoms with van der Waals surface area (Å²) in [7, 11) is 0. The van der Waals surface area contributed by atoms with Crippen LogP contribution in [0.25, 0.3) is 0 Å². The van der Waals surface area contributed by atoms with Crippen LogP contribution in [0.5, 0.6) is 0 Å². The number of hydrogen-bond acceptors (Lipinski definition) is 2. The minimum absolute atomic E-state index is 0.531. The number of aliphatic hydroxyl groups is 1. The maximum Gasteiger partial charge on any atom is 0.430 e. The van der Waals surface area contributed by atoms with E-state index in [1.807, 2.05) is 0 Å². The predicted molar refractivity (Wildman–Crippen MR) is 49.7 cm³/mol. The number of thiol groups is 1. The van der Waals surface area contributed by atoms with Gasteiger partial charge in [0, 0.05) is 10.5 Å². The zero-order valence-electron chi connectivity index (χ0n) is 7.97. The summed E-state index contributed by atoms with van der Waals surface area (Å²) >= 11 is 3.50. The number of hydrogen-bond donors (Lipinski definition) is 2. The molecule has 1 N–H and O–H groups in total. The molecule has 96 valence electrons. The molecule has 1 aromatic rings. The molecule has 0 unspecified atom stereocenters. The Hall–Kier alpha value is -0.890. The predicted octanol–water partition coefficient (Wildman–Crippen LogP) is 3.29. The minimum Gasteiger partial charge on any atom is -0.369 e. The van der Waals surface area contributed by atoms with Crippen LogP contribution in [0.2, 0.25) is 0 Å².